The highest BCUT2D eigenvalue weighted by Gasteiger charge is 2.23. The molecule has 1 aliphatic rings. The van der Waals surface area contributed by atoms with Crippen LogP contribution in [0.15, 0.2) is 37.6 Å². The summed E-state index contributed by atoms with van der Waals surface area (Å²) in [4.78, 5) is 3.48. The molecule has 4 heterocycles. The van der Waals surface area contributed by atoms with Crippen molar-refractivity contribution in [1.29, 1.82) is 0 Å². The molecule has 0 amide bonds. The maximum atomic E-state index is 5.91. The Morgan fingerprint density at radius 3 is 2.86 bits per heavy atom. The Morgan fingerprint density at radius 1 is 1.14 bits per heavy atom. The summed E-state index contributed by atoms with van der Waals surface area (Å²) in [5, 5.41) is 19.2. The van der Waals surface area contributed by atoms with E-state index in [9.17, 15) is 0 Å². The highest BCUT2D eigenvalue weighted by atomic mass is 32.2. The number of nitrogens with zero attached hydrogens (tertiary/aromatic N) is 4. The van der Waals surface area contributed by atoms with E-state index >= 15 is 0 Å². The third kappa shape index (κ3) is 3.54. The molecule has 0 bridgehead atoms. The van der Waals surface area contributed by atoms with Gasteiger partial charge >= 0.3 is 0 Å². The summed E-state index contributed by atoms with van der Waals surface area (Å²) >= 11 is 4.78. The van der Waals surface area contributed by atoms with Crippen molar-refractivity contribution < 1.29 is 8.83 Å². The largest absolute Gasteiger partial charge is 0.419 e. The predicted octanol–water partition coefficient (Wildman–Crippen LogP) is 5.89. The van der Waals surface area contributed by atoms with Gasteiger partial charge in [-0.15, -0.1) is 43.1 Å². The zero-order valence-corrected chi connectivity index (χ0v) is 17.9. The van der Waals surface area contributed by atoms with Crippen LogP contribution in [0.5, 0.6) is 0 Å². The van der Waals surface area contributed by atoms with Crippen LogP contribution in [0.3, 0.4) is 0 Å². The average molecular weight is 431 g/mol. The van der Waals surface area contributed by atoms with Crippen LogP contribution in [0.1, 0.15) is 41.8 Å². The van der Waals surface area contributed by atoms with Crippen molar-refractivity contribution in [3.05, 3.63) is 39.9 Å². The molecule has 9 heteroatoms. The molecule has 28 heavy (non-hydrogen) atoms. The van der Waals surface area contributed by atoms with E-state index in [0.29, 0.717) is 22.9 Å². The van der Waals surface area contributed by atoms with Crippen molar-refractivity contribution in [3.8, 4) is 21.5 Å². The highest BCUT2D eigenvalue weighted by molar-refractivity contribution is 7.99. The monoisotopic (exact) mass is 430 g/mol. The minimum absolute atomic E-state index is 0.0769. The molecule has 144 valence electrons. The lowest BCUT2D eigenvalue weighted by Crippen LogP contribution is -2.07. The molecule has 6 nitrogen and oxygen atoms in total. The van der Waals surface area contributed by atoms with E-state index in [1.54, 1.807) is 22.7 Å². The Hall–Kier alpha value is -1.97. The summed E-state index contributed by atoms with van der Waals surface area (Å²) in [5.74, 6) is 2.43. The first kappa shape index (κ1) is 18.1. The number of aromatic nitrogens is 4. The van der Waals surface area contributed by atoms with Crippen LogP contribution in [-0.4, -0.2) is 20.4 Å². The molecule has 0 aromatic carbocycles. The molecule has 1 aliphatic carbocycles. The highest BCUT2D eigenvalue weighted by Crippen LogP contribution is 2.39. The van der Waals surface area contributed by atoms with Crippen molar-refractivity contribution in [2.75, 3.05) is 0 Å². The molecule has 2 atom stereocenters. The summed E-state index contributed by atoms with van der Waals surface area (Å²) in [7, 11) is 0. The summed E-state index contributed by atoms with van der Waals surface area (Å²) in [6, 6.07) is 6.14. The minimum atomic E-state index is -0.0769. The fraction of sp³-hybridized carbons (Fsp3) is 0.368. The first-order valence-corrected chi connectivity index (χ1v) is 11.7. The van der Waals surface area contributed by atoms with Gasteiger partial charge in [0.05, 0.1) is 15.0 Å². The minimum Gasteiger partial charge on any atom is -0.419 e. The molecule has 0 radical (unpaired) electrons. The van der Waals surface area contributed by atoms with E-state index in [0.717, 1.165) is 28.5 Å². The van der Waals surface area contributed by atoms with E-state index in [-0.39, 0.29) is 5.25 Å². The van der Waals surface area contributed by atoms with Gasteiger partial charge in [-0.05, 0) is 55.2 Å². The first-order valence-electron chi connectivity index (χ1n) is 9.15. The number of hydrogen-bond donors (Lipinski definition) is 0. The molecule has 0 aliphatic heterocycles. The second-order valence-corrected chi connectivity index (χ2v) is 10.3. The van der Waals surface area contributed by atoms with E-state index in [4.69, 9.17) is 8.83 Å². The summed E-state index contributed by atoms with van der Waals surface area (Å²) < 4.78 is 11.7. The van der Waals surface area contributed by atoms with Gasteiger partial charge in [0, 0.05) is 4.88 Å². The molecule has 0 spiro atoms. The summed E-state index contributed by atoms with van der Waals surface area (Å²) in [6.45, 7) is 4.30. The second-order valence-electron chi connectivity index (χ2n) is 6.96. The number of fused-ring (bicyclic) bond motifs is 1. The van der Waals surface area contributed by atoms with Crippen LogP contribution in [0.2, 0.25) is 0 Å². The lowest BCUT2D eigenvalue weighted by atomic mass is 9.90. The zero-order valence-electron chi connectivity index (χ0n) is 15.4. The molecule has 0 unspecified atom stereocenters. The van der Waals surface area contributed by atoms with Crippen molar-refractivity contribution in [2.45, 2.75) is 43.6 Å². The van der Waals surface area contributed by atoms with Gasteiger partial charge in [-0.2, -0.15) is 0 Å². The van der Waals surface area contributed by atoms with Gasteiger partial charge in [0.25, 0.3) is 17.0 Å². The molecule has 0 saturated carbocycles. The topological polar surface area (TPSA) is 77.8 Å². The lowest BCUT2D eigenvalue weighted by Gasteiger charge is -2.16. The van der Waals surface area contributed by atoms with Crippen molar-refractivity contribution in [1.82, 2.24) is 20.4 Å². The van der Waals surface area contributed by atoms with Crippen LogP contribution in [-0.2, 0) is 12.8 Å². The van der Waals surface area contributed by atoms with Crippen LogP contribution in [0.25, 0.3) is 21.5 Å². The first-order chi connectivity index (χ1) is 13.7. The van der Waals surface area contributed by atoms with Gasteiger partial charge in [-0.1, -0.05) is 24.8 Å². The second kappa shape index (κ2) is 7.46. The number of hydrogen-bond acceptors (Lipinski definition) is 9. The normalized spacial score (nSPS) is 17.6. The lowest BCUT2D eigenvalue weighted by molar-refractivity contribution is 0.462. The SMILES string of the molecule is C[C@@H]1CCc2sc(-c3nnc(S[C@H](C)c4nnc(-c5cccs5)o4)o3)cc2C1. The molecule has 5 rings (SSSR count). The Kier molecular flexibility index (Phi) is 4.82. The smallest absolute Gasteiger partial charge is 0.277 e. The van der Waals surface area contributed by atoms with Crippen molar-refractivity contribution >= 4 is 34.4 Å². The maximum absolute atomic E-state index is 5.91. The average Bonchev–Trinajstić information content (AvgIpc) is 3.45. The van der Waals surface area contributed by atoms with Crippen LogP contribution >= 0.6 is 34.4 Å². The Labute approximate surface area is 174 Å². The van der Waals surface area contributed by atoms with Crippen LogP contribution < -0.4 is 0 Å². The van der Waals surface area contributed by atoms with Crippen LogP contribution in [0, 0.1) is 5.92 Å². The fourth-order valence-electron chi connectivity index (χ4n) is 3.27. The molecule has 4 aromatic rings. The number of thiophene rings is 2. The van der Waals surface area contributed by atoms with E-state index in [2.05, 4.69) is 33.4 Å². The fourth-order valence-corrected chi connectivity index (χ4v) is 5.76. The Balaban J connectivity index is 1.30. The quantitative estimate of drug-likeness (QED) is 0.365. The van der Waals surface area contributed by atoms with E-state index in [1.165, 1.54) is 28.6 Å². The van der Waals surface area contributed by atoms with Gasteiger partial charge < -0.3 is 8.83 Å². The van der Waals surface area contributed by atoms with E-state index < -0.39 is 0 Å². The number of aryl methyl sites for hydroxylation is 1. The molecule has 0 N–H and O–H groups in total. The Morgan fingerprint density at radius 2 is 2.00 bits per heavy atom. The van der Waals surface area contributed by atoms with Crippen LogP contribution in [0.4, 0.5) is 0 Å². The van der Waals surface area contributed by atoms with Gasteiger partial charge in [-0.25, -0.2) is 0 Å². The van der Waals surface area contributed by atoms with Crippen molar-refractivity contribution in [2.24, 2.45) is 5.92 Å². The summed E-state index contributed by atoms with van der Waals surface area (Å²) in [5.41, 5.74) is 1.44. The summed E-state index contributed by atoms with van der Waals surface area (Å²) in [6.07, 6.45) is 3.55. The van der Waals surface area contributed by atoms with Gasteiger partial charge in [0.1, 0.15) is 0 Å². The predicted molar refractivity (Wildman–Crippen MR) is 111 cm³/mol. The maximum Gasteiger partial charge on any atom is 0.277 e. The number of rotatable bonds is 5. The van der Waals surface area contributed by atoms with Gasteiger partial charge in [0.15, 0.2) is 0 Å². The number of thioether (sulfide) groups is 1. The van der Waals surface area contributed by atoms with Crippen molar-refractivity contribution in [3.63, 3.8) is 0 Å². The third-order valence-corrected chi connectivity index (χ3v) is 7.75. The standard InChI is InChI=1S/C19H18N4O2S3/c1-10-5-6-13-12(8-10)9-15(28-13)18-22-23-19(25-18)27-11(2)16-20-21-17(24-16)14-4-3-7-26-14/h3-4,7,9-11H,5-6,8H2,1-2H3/t10-,11-/m1/s1. The molecule has 0 saturated heterocycles. The third-order valence-electron chi connectivity index (χ3n) is 4.74. The zero-order chi connectivity index (χ0) is 19.1. The molecule has 4 aromatic heterocycles. The van der Waals surface area contributed by atoms with Gasteiger partial charge in [-0.3, -0.25) is 0 Å². The Bertz CT molecular complexity index is 1080. The molecule has 0 fully saturated rings. The molecular weight excluding hydrogens is 412 g/mol. The van der Waals surface area contributed by atoms with E-state index in [1.807, 2.05) is 24.4 Å². The van der Waals surface area contributed by atoms with Gasteiger partial charge in [0.2, 0.25) is 5.89 Å². The molecular formula is C19H18N4O2S3.